The average molecular weight is 359 g/mol. The van der Waals surface area contributed by atoms with Gasteiger partial charge in [-0.15, -0.1) is 0 Å². The fourth-order valence-corrected chi connectivity index (χ4v) is 2.91. The van der Waals surface area contributed by atoms with Crippen LogP contribution in [-0.4, -0.2) is 26.4 Å². The molecule has 0 aliphatic carbocycles. The number of aryl methyl sites for hydroxylation is 1. The van der Waals surface area contributed by atoms with Gasteiger partial charge in [0.1, 0.15) is 5.78 Å². The Balaban J connectivity index is 1.90. The summed E-state index contributed by atoms with van der Waals surface area (Å²) >= 11 is 0. The molecule has 0 aliphatic rings. The Bertz CT molecular complexity index is 853. The van der Waals surface area contributed by atoms with Gasteiger partial charge in [0.2, 0.25) is 15.9 Å². The van der Waals surface area contributed by atoms with Gasteiger partial charge in [-0.3, -0.25) is 14.3 Å². The summed E-state index contributed by atoms with van der Waals surface area (Å²) in [5.41, 5.74) is 3.71. The lowest BCUT2D eigenvalue weighted by atomic mass is 10.0. The summed E-state index contributed by atoms with van der Waals surface area (Å²) in [6.07, 6.45) is 1.63. The fourth-order valence-electron chi connectivity index (χ4n) is 2.43. The highest BCUT2D eigenvalue weighted by atomic mass is 32.2. The first kappa shape index (κ1) is 18.9. The zero-order chi connectivity index (χ0) is 18.4. The Hall–Kier alpha value is -2.47. The van der Waals surface area contributed by atoms with Crippen molar-refractivity contribution in [3.8, 4) is 0 Å². The van der Waals surface area contributed by atoms with Gasteiger partial charge in [0, 0.05) is 12.8 Å². The smallest absolute Gasteiger partial charge is 0.237 e. The van der Waals surface area contributed by atoms with E-state index in [-0.39, 0.29) is 12.2 Å². The summed E-state index contributed by atoms with van der Waals surface area (Å²) in [4.78, 5) is 23.7. The molecule has 0 radical (unpaired) electrons. The summed E-state index contributed by atoms with van der Waals surface area (Å²) in [6.45, 7) is 2.00. The summed E-state index contributed by atoms with van der Waals surface area (Å²) in [7, 11) is -3.54. The van der Waals surface area contributed by atoms with E-state index in [0.29, 0.717) is 18.4 Å². The van der Waals surface area contributed by atoms with Crippen molar-refractivity contribution in [2.75, 3.05) is 6.26 Å². The van der Waals surface area contributed by atoms with Crippen molar-refractivity contribution in [3.63, 3.8) is 0 Å². The van der Waals surface area contributed by atoms with Crippen LogP contribution in [0.15, 0.2) is 48.5 Å². The van der Waals surface area contributed by atoms with Gasteiger partial charge in [0.15, 0.2) is 0 Å². The Morgan fingerprint density at radius 2 is 1.20 bits per heavy atom. The Kier molecular flexibility index (Phi) is 6.09. The van der Waals surface area contributed by atoms with Crippen LogP contribution < -0.4 is 4.72 Å². The number of sulfonamides is 1. The van der Waals surface area contributed by atoms with E-state index in [2.05, 4.69) is 0 Å². The maximum Gasteiger partial charge on any atom is 0.237 e. The van der Waals surface area contributed by atoms with Crippen molar-refractivity contribution in [1.82, 2.24) is 4.72 Å². The molecular weight excluding hydrogens is 338 g/mol. The predicted octanol–water partition coefficient (Wildman–Crippen LogP) is 1.97. The standard InChI is InChI=1S/C19H21NO4S/c1-14-3-5-15(6-4-14)11-18(21)12-16-7-9-17(10-8-16)13-19(22)20-25(2,23)24/h3-10H,11-13H2,1-2H3,(H,20,22). The molecule has 0 aromatic heterocycles. The van der Waals surface area contributed by atoms with E-state index in [9.17, 15) is 18.0 Å². The van der Waals surface area contributed by atoms with E-state index < -0.39 is 15.9 Å². The molecule has 2 aromatic rings. The number of benzene rings is 2. The molecule has 0 atom stereocenters. The molecule has 1 amide bonds. The quantitative estimate of drug-likeness (QED) is 0.820. The number of carbonyl (C=O) groups excluding carboxylic acids is 2. The molecule has 0 saturated carbocycles. The molecule has 0 bridgehead atoms. The lowest BCUT2D eigenvalue weighted by Gasteiger charge is -2.05. The van der Waals surface area contributed by atoms with Crippen LogP contribution in [0.25, 0.3) is 0 Å². The van der Waals surface area contributed by atoms with Gasteiger partial charge in [-0.2, -0.15) is 0 Å². The van der Waals surface area contributed by atoms with Crippen molar-refractivity contribution in [2.24, 2.45) is 0 Å². The molecule has 5 nitrogen and oxygen atoms in total. The van der Waals surface area contributed by atoms with Crippen LogP contribution in [0.3, 0.4) is 0 Å². The summed E-state index contributed by atoms with van der Waals surface area (Å²) in [5.74, 6) is -0.461. The number of hydrogen-bond acceptors (Lipinski definition) is 4. The van der Waals surface area contributed by atoms with Gasteiger partial charge in [-0.05, 0) is 23.6 Å². The second-order valence-corrected chi connectivity index (χ2v) is 7.92. The van der Waals surface area contributed by atoms with E-state index in [0.717, 1.165) is 22.9 Å². The summed E-state index contributed by atoms with van der Waals surface area (Å²) in [6, 6.07) is 14.9. The van der Waals surface area contributed by atoms with Gasteiger partial charge in [0.05, 0.1) is 12.7 Å². The van der Waals surface area contributed by atoms with Crippen molar-refractivity contribution in [3.05, 3.63) is 70.8 Å². The lowest BCUT2D eigenvalue weighted by Crippen LogP contribution is -2.30. The van der Waals surface area contributed by atoms with Crippen LogP contribution in [0.5, 0.6) is 0 Å². The fraction of sp³-hybridized carbons (Fsp3) is 0.263. The number of nitrogens with one attached hydrogen (secondary N) is 1. The Labute approximate surface area is 148 Å². The molecule has 132 valence electrons. The first-order chi connectivity index (χ1) is 11.7. The average Bonchev–Trinajstić information content (AvgIpc) is 2.49. The third-order valence-electron chi connectivity index (χ3n) is 3.61. The molecule has 6 heteroatoms. The summed E-state index contributed by atoms with van der Waals surface area (Å²) < 4.78 is 23.9. The lowest BCUT2D eigenvalue weighted by molar-refractivity contribution is -0.119. The van der Waals surface area contributed by atoms with Crippen molar-refractivity contribution in [1.29, 1.82) is 0 Å². The maximum absolute atomic E-state index is 12.2. The highest BCUT2D eigenvalue weighted by Gasteiger charge is 2.10. The topological polar surface area (TPSA) is 80.3 Å². The molecule has 0 aliphatic heterocycles. The Morgan fingerprint density at radius 3 is 1.64 bits per heavy atom. The zero-order valence-electron chi connectivity index (χ0n) is 14.3. The van der Waals surface area contributed by atoms with Crippen LogP contribution in [0.2, 0.25) is 0 Å². The number of carbonyl (C=O) groups is 2. The third kappa shape index (κ3) is 6.89. The largest absolute Gasteiger partial charge is 0.299 e. The maximum atomic E-state index is 12.2. The van der Waals surface area contributed by atoms with Crippen LogP contribution >= 0.6 is 0 Å². The van der Waals surface area contributed by atoms with E-state index in [1.54, 1.807) is 24.3 Å². The highest BCUT2D eigenvalue weighted by Crippen LogP contribution is 2.10. The van der Waals surface area contributed by atoms with Crippen molar-refractivity contribution < 1.29 is 18.0 Å². The van der Waals surface area contributed by atoms with Gasteiger partial charge in [-0.25, -0.2) is 8.42 Å². The van der Waals surface area contributed by atoms with Gasteiger partial charge in [-0.1, -0.05) is 54.1 Å². The Morgan fingerprint density at radius 1 is 0.800 bits per heavy atom. The van der Waals surface area contributed by atoms with Gasteiger partial charge in [0.25, 0.3) is 0 Å². The molecule has 0 saturated heterocycles. The second kappa shape index (κ2) is 8.07. The number of rotatable bonds is 7. The third-order valence-corrected chi connectivity index (χ3v) is 4.21. The van der Waals surface area contributed by atoms with E-state index in [1.165, 1.54) is 0 Å². The normalized spacial score (nSPS) is 11.1. The van der Waals surface area contributed by atoms with Crippen LogP contribution in [-0.2, 0) is 38.9 Å². The number of ketones is 1. The monoisotopic (exact) mass is 359 g/mol. The molecule has 0 fully saturated rings. The second-order valence-electron chi connectivity index (χ2n) is 6.17. The van der Waals surface area contributed by atoms with E-state index >= 15 is 0 Å². The number of Topliss-reactive ketones (excluding diaryl/α,β-unsaturated/α-hetero) is 1. The highest BCUT2D eigenvalue weighted by molar-refractivity contribution is 7.89. The molecule has 2 rings (SSSR count). The summed E-state index contributed by atoms with van der Waals surface area (Å²) in [5, 5.41) is 0. The predicted molar refractivity (Wildman–Crippen MR) is 96.7 cm³/mol. The van der Waals surface area contributed by atoms with E-state index in [4.69, 9.17) is 0 Å². The number of hydrogen-bond donors (Lipinski definition) is 1. The molecular formula is C19H21NO4S. The van der Waals surface area contributed by atoms with Crippen LogP contribution in [0.4, 0.5) is 0 Å². The molecule has 0 heterocycles. The molecule has 25 heavy (non-hydrogen) atoms. The first-order valence-corrected chi connectivity index (χ1v) is 9.76. The first-order valence-electron chi connectivity index (χ1n) is 7.87. The van der Waals surface area contributed by atoms with Crippen molar-refractivity contribution >= 4 is 21.7 Å². The molecule has 0 spiro atoms. The van der Waals surface area contributed by atoms with E-state index in [1.807, 2.05) is 35.9 Å². The SMILES string of the molecule is Cc1ccc(CC(=O)Cc2ccc(CC(=O)NS(C)(=O)=O)cc2)cc1. The molecule has 1 N–H and O–H groups in total. The molecule has 2 aromatic carbocycles. The van der Waals surface area contributed by atoms with Gasteiger partial charge < -0.3 is 0 Å². The molecule has 0 unspecified atom stereocenters. The zero-order valence-corrected chi connectivity index (χ0v) is 15.1. The minimum Gasteiger partial charge on any atom is -0.299 e. The van der Waals surface area contributed by atoms with Crippen molar-refractivity contribution in [2.45, 2.75) is 26.2 Å². The van der Waals surface area contributed by atoms with Gasteiger partial charge >= 0.3 is 0 Å². The minimum absolute atomic E-state index is 0.0232. The van der Waals surface area contributed by atoms with Crippen LogP contribution in [0.1, 0.15) is 22.3 Å². The van der Waals surface area contributed by atoms with Crippen LogP contribution in [0, 0.1) is 6.92 Å². The number of amides is 1. The minimum atomic E-state index is -3.54.